The van der Waals surface area contributed by atoms with Crippen molar-refractivity contribution < 1.29 is 14.3 Å². The van der Waals surface area contributed by atoms with Gasteiger partial charge in [-0.15, -0.1) is 0 Å². The van der Waals surface area contributed by atoms with Gasteiger partial charge in [0.05, 0.1) is 19.0 Å². The Morgan fingerprint density at radius 1 is 1.21 bits per heavy atom. The van der Waals surface area contributed by atoms with E-state index in [9.17, 15) is 9.59 Å². The number of amides is 2. The average molecular weight is 520 g/mol. The van der Waals surface area contributed by atoms with Crippen LogP contribution in [0.25, 0.3) is 0 Å². The predicted molar refractivity (Wildman–Crippen MR) is 148 cm³/mol. The Hall–Kier alpha value is -3.82. The second kappa shape index (κ2) is 10.9. The third-order valence-corrected chi connectivity index (χ3v) is 7.57. The monoisotopic (exact) mass is 519 g/mol. The number of ether oxygens (including phenoxy) is 1. The molecule has 1 saturated carbocycles. The van der Waals surface area contributed by atoms with Crippen molar-refractivity contribution in [3.63, 3.8) is 0 Å². The Morgan fingerprint density at radius 2 is 1.97 bits per heavy atom. The molecule has 1 saturated heterocycles. The van der Waals surface area contributed by atoms with Crippen LogP contribution in [0, 0.1) is 0 Å². The largest absolute Gasteiger partial charge is 0.495 e. The lowest BCUT2D eigenvalue weighted by atomic mass is 9.97. The molecule has 2 amide bonds. The van der Waals surface area contributed by atoms with Gasteiger partial charge in [0.1, 0.15) is 17.5 Å². The van der Waals surface area contributed by atoms with Gasteiger partial charge in [-0.05, 0) is 63.4 Å². The van der Waals surface area contributed by atoms with Crippen LogP contribution in [-0.4, -0.2) is 72.1 Å². The highest BCUT2D eigenvalue weighted by atomic mass is 16.5. The van der Waals surface area contributed by atoms with Crippen LogP contribution in [0.1, 0.15) is 56.3 Å². The lowest BCUT2D eigenvalue weighted by Crippen LogP contribution is -2.58. The van der Waals surface area contributed by atoms with Crippen molar-refractivity contribution in [2.24, 2.45) is 0 Å². The van der Waals surface area contributed by atoms with Crippen LogP contribution >= 0.6 is 0 Å². The summed E-state index contributed by atoms with van der Waals surface area (Å²) in [6.07, 6.45) is 10.6. The SMILES string of the molecule is CC=CN1CCC(N2c3nc(Nc4ccc(C(=O)NC5CC5)cc4OC)ncc3N(C)C(=O)[C@H]2CC)CC1. The maximum Gasteiger partial charge on any atom is 0.251 e. The van der Waals surface area contributed by atoms with E-state index in [4.69, 9.17) is 9.72 Å². The zero-order valence-electron chi connectivity index (χ0n) is 22.6. The number of nitrogens with zero attached hydrogens (tertiary/aromatic N) is 5. The highest BCUT2D eigenvalue weighted by molar-refractivity contribution is 6.04. The molecule has 10 nitrogen and oxygen atoms in total. The normalized spacial score (nSPS) is 20.1. The molecule has 0 unspecified atom stereocenters. The molecule has 2 aliphatic heterocycles. The van der Waals surface area contributed by atoms with Gasteiger partial charge in [0.25, 0.3) is 5.91 Å². The number of fused-ring (bicyclic) bond motifs is 1. The minimum absolute atomic E-state index is 0.0712. The molecule has 3 aliphatic rings. The van der Waals surface area contributed by atoms with Gasteiger partial charge < -0.3 is 30.1 Å². The Labute approximate surface area is 224 Å². The number of nitrogens with one attached hydrogen (secondary N) is 2. The summed E-state index contributed by atoms with van der Waals surface area (Å²) in [4.78, 5) is 41.5. The summed E-state index contributed by atoms with van der Waals surface area (Å²) in [5.74, 6) is 1.67. The summed E-state index contributed by atoms with van der Waals surface area (Å²) in [6, 6.07) is 5.52. The number of hydrogen-bond acceptors (Lipinski definition) is 8. The molecule has 1 aliphatic carbocycles. The van der Waals surface area contributed by atoms with Crippen molar-refractivity contribution in [2.75, 3.05) is 42.4 Å². The van der Waals surface area contributed by atoms with Crippen LogP contribution in [0.2, 0.25) is 0 Å². The van der Waals surface area contributed by atoms with E-state index < -0.39 is 0 Å². The second-order valence-corrected chi connectivity index (χ2v) is 10.2. The van der Waals surface area contributed by atoms with Crippen molar-refractivity contribution in [1.29, 1.82) is 0 Å². The van der Waals surface area contributed by atoms with Crippen molar-refractivity contribution in [1.82, 2.24) is 20.2 Å². The number of hydrogen-bond donors (Lipinski definition) is 2. The predicted octanol–water partition coefficient (Wildman–Crippen LogP) is 3.68. The van der Waals surface area contributed by atoms with E-state index in [0.717, 1.165) is 44.6 Å². The van der Waals surface area contributed by atoms with Crippen LogP contribution in [0.15, 0.2) is 36.7 Å². The summed E-state index contributed by atoms with van der Waals surface area (Å²) in [5.41, 5.74) is 1.92. The van der Waals surface area contributed by atoms with Gasteiger partial charge in [0.15, 0.2) is 5.82 Å². The smallest absolute Gasteiger partial charge is 0.251 e. The molecule has 10 heteroatoms. The van der Waals surface area contributed by atoms with Gasteiger partial charge in [-0.1, -0.05) is 13.0 Å². The number of methoxy groups -OCH3 is 1. The maximum absolute atomic E-state index is 13.3. The molecule has 1 aromatic heterocycles. The van der Waals surface area contributed by atoms with E-state index in [0.29, 0.717) is 35.1 Å². The second-order valence-electron chi connectivity index (χ2n) is 10.2. The fourth-order valence-corrected chi connectivity index (χ4v) is 5.34. The number of carbonyl (C=O) groups excluding carboxylic acids is 2. The molecular formula is C28H37N7O3. The Balaban J connectivity index is 1.43. The van der Waals surface area contributed by atoms with Crippen LogP contribution in [0.3, 0.4) is 0 Å². The molecule has 0 radical (unpaired) electrons. The van der Waals surface area contributed by atoms with Gasteiger partial charge in [-0.25, -0.2) is 4.98 Å². The number of benzene rings is 1. The molecular weight excluding hydrogens is 482 g/mol. The van der Waals surface area contributed by atoms with E-state index in [1.165, 1.54) is 0 Å². The maximum atomic E-state index is 13.3. The fraction of sp³-hybridized carbons (Fsp3) is 0.500. The van der Waals surface area contributed by atoms with E-state index in [1.807, 2.05) is 13.0 Å². The summed E-state index contributed by atoms with van der Waals surface area (Å²) in [7, 11) is 3.37. The molecule has 2 aromatic rings. The molecule has 0 spiro atoms. The van der Waals surface area contributed by atoms with Crippen LogP contribution in [0.4, 0.5) is 23.1 Å². The first kappa shape index (κ1) is 25.8. The van der Waals surface area contributed by atoms with Crippen molar-refractivity contribution in [2.45, 2.75) is 64.1 Å². The number of aromatic nitrogens is 2. The molecule has 3 heterocycles. The summed E-state index contributed by atoms with van der Waals surface area (Å²) < 4.78 is 5.58. The minimum atomic E-state index is -0.271. The van der Waals surface area contributed by atoms with Crippen molar-refractivity contribution in [3.05, 3.63) is 42.2 Å². The number of piperidine rings is 1. The highest BCUT2D eigenvalue weighted by Gasteiger charge is 2.41. The number of rotatable bonds is 8. The quantitative estimate of drug-likeness (QED) is 0.545. The van der Waals surface area contributed by atoms with Crippen LogP contribution in [0.5, 0.6) is 5.75 Å². The Morgan fingerprint density at radius 3 is 2.63 bits per heavy atom. The molecule has 38 heavy (non-hydrogen) atoms. The molecule has 0 bridgehead atoms. The van der Waals surface area contributed by atoms with Gasteiger partial charge in [-0.2, -0.15) is 4.98 Å². The first-order valence-electron chi connectivity index (χ1n) is 13.5. The van der Waals surface area contributed by atoms with E-state index >= 15 is 0 Å². The molecule has 5 rings (SSSR count). The first-order valence-corrected chi connectivity index (χ1v) is 13.5. The number of likely N-dealkylation sites (N-methyl/N-ethyl adjacent to an activating group) is 1. The van der Waals surface area contributed by atoms with Gasteiger partial charge >= 0.3 is 0 Å². The standard InChI is InChI=1S/C28H37N7O3/c1-5-13-34-14-11-20(12-15-34)35-22(6-2)27(37)33(3)23-17-29-28(32-25(23)35)31-21-10-7-18(16-24(21)38-4)26(36)30-19-8-9-19/h5,7,10,13,16-17,19-20,22H,6,8-9,11-12,14-15H2,1-4H3,(H,30,36)(H,29,31,32)/t22-/m1/s1. The van der Waals surface area contributed by atoms with Crippen LogP contribution < -0.4 is 25.2 Å². The van der Waals surface area contributed by atoms with Gasteiger partial charge in [0, 0.05) is 37.8 Å². The lowest BCUT2D eigenvalue weighted by molar-refractivity contribution is -0.120. The molecule has 202 valence electrons. The summed E-state index contributed by atoms with van der Waals surface area (Å²) >= 11 is 0. The molecule has 2 N–H and O–H groups in total. The molecule has 1 aromatic carbocycles. The summed E-state index contributed by atoms with van der Waals surface area (Å²) in [5, 5.41) is 6.28. The average Bonchev–Trinajstić information content (AvgIpc) is 3.75. The Kier molecular flexibility index (Phi) is 7.40. The zero-order valence-corrected chi connectivity index (χ0v) is 22.6. The molecule has 1 atom stereocenters. The number of allylic oxidation sites excluding steroid dienone is 1. The number of anilines is 4. The van der Waals surface area contributed by atoms with Gasteiger partial charge in [-0.3, -0.25) is 9.59 Å². The molecule has 2 fully saturated rings. The number of likely N-dealkylation sites (tertiary alicyclic amines) is 1. The number of carbonyl (C=O) groups is 2. The minimum Gasteiger partial charge on any atom is -0.495 e. The first-order chi connectivity index (χ1) is 18.4. The van der Waals surface area contributed by atoms with E-state index in [2.05, 4.69) is 44.6 Å². The highest BCUT2D eigenvalue weighted by Crippen LogP contribution is 2.39. The lowest BCUT2D eigenvalue weighted by Gasteiger charge is -2.46. The Bertz CT molecular complexity index is 1220. The fourth-order valence-electron chi connectivity index (χ4n) is 5.34. The summed E-state index contributed by atoms with van der Waals surface area (Å²) in [6.45, 7) is 5.96. The van der Waals surface area contributed by atoms with E-state index in [-0.39, 0.29) is 29.9 Å². The van der Waals surface area contributed by atoms with Crippen molar-refractivity contribution in [3.8, 4) is 5.75 Å². The van der Waals surface area contributed by atoms with Crippen LogP contribution in [-0.2, 0) is 4.79 Å². The zero-order chi connectivity index (χ0) is 26.8. The van der Waals surface area contributed by atoms with Crippen molar-refractivity contribution >= 4 is 35.0 Å². The topological polar surface area (TPSA) is 103 Å². The third-order valence-electron chi connectivity index (χ3n) is 7.57. The van der Waals surface area contributed by atoms with Gasteiger partial charge in [0.2, 0.25) is 11.9 Å². The third kappa shape index (κ3) is 5.12. The van der Waals surface area contributed by atoms with E-state index in [1.54, 1.807) is 37.4 Å².